The van der Waals surface area contributed by atoms with Crippen LogP contribution >= 0.6 is 0 Å². The first-order chi connectivity index (χ1) is 9.24. The number of rotatable bonds is 4. The number of hydrogen-bond donors (Lipinski definition) is 1. The second-order valence-corrected chi connectivity index (χ2v) is 4.58. The van der Waals surface area contributed by atoms with Crippen molar-refractivity contribution in [3.63, 3.8) is 0 Å². The Morgan fingerprint density at radius 3 is 2.89 bits per heavy atom. The van der Waals surface area contributed by atoms with Crippen LogP contribution in [-0.2, 0) is 0 Å². The summed E-state index contributed by atoms with van der Waals surface area (Å²) in [5.74, 6) is 2.14. The molecule has 2 aromatic rings. The van der Waals surface area contributed by atoms with E-state index in [1.807, 2.05) is 0 Å². The zero-order valence-electron chi connectivity index (χ0n) is 10.6. The Morgan fingerprint density at radius 1 is 1.32 bits per heavy atom. The second-order valence-electron chi connectivity index (χ2n) is 4.58. The molecule has 1 aromatic heterocycles. The lowest BCUT2D eigenvalue weighted by molar-refractivity contribution is 0.411. The van der Waals surface area contributed by atoms with Gasteiger partial charge in [-0.3, -0.25) is 0 Å². The molecule has 1 aliphatic rings. The van der Waals surface area contributed by atoms with Crippen LogP contribution in [0.15, 0.2) is 30.5 Å². The maximum atomic E-state index is 13.4. The molecule has 1 aromatic carbocycles. The molecule has 1 heterocycles. The van der Waals surface area contributed by atoms with Gasteiger partial charge in [0.2, 0.25) is 0 Å². The smallest absolute Gasteiger partial charge is 0.134 e. The average Bonchev–Trinajstić information content (AvgIpc) is 3.22. The summed E-state index contributed by atoms with van der Waals surface area (Å²) in [5, 5.41) is 3.07. The second kappa shape index (κ2) is 4.84. The van der Waals surface area contributed by atoms with Crippen LogP contribution in [0.25, 0.3) is 0 Å². The van der Waals surface area contributed by atoms with Gasteiger partial charge in [0.05, 0.1) is 7.11 Å². The molecule has 0 radical (unpaired) electrons. The Hall–Kier alpha value is -2.17. The molecule has 5 heteroatoms. The topological polar surface area (TPSA) is 47.0 Å². The zero-order chi connectivity index (χ0) is 13.2. The standard InChI is InChI=1S/C14H14FN3O/c1-19-12-7-10(15)6-11(8-12)17-13-4-5-16-14(18-13)9-2-3-9/h4-9H,2-3H2,1H3,(H,16,17,18). The third-order valence-electron chi connectivity index (χ3n) is 3.00. The van der Waals surface area contributed by atoms with E-state index < -0.39 is 0 Å². The maximum absolute atomic E-state index is 13.4. The molecule has 0 aliphatic heterocycles. The Bertz CT molecular complexity index is 599. The molecule has 0 spiro atoms. The molecule has 1 saturated carbocycles. The molecule has 98 valence electrons. The summed E-state index contributed by atoms with van der Waals surface area (Å²) >= 11 is 0. The van der Waals surface area contributed by atoms with Gasteiger partial charge in [0.25, 0.3) is 0 Å². The Balaban J connectivity index is 1.84. The summed E-state index contributed by atoms with van der Waals surface area (Å²) in [6.07, 6.45) is 4.02. The maximum Gasteiger partial charge on any atom is 0.134 e. The number of anilines is 2. The van der Waals surface area contributed by atoms with Crippen LogP contribution in [0.2, 0.25) is 0 Å². The van der Waals surface area contributed by atoms with Gasteiger partial charge in [-0.1, -0.05) is 0 Å². The third kappa shape index (κ3) is 2.81. The lowest BCUT2D eigenvalue weighted by Crippen LogP contribution is -1.99. The largest absolute Gasteiger partial charge is 0.497 e. The Kier molecular flexibility index (Phi) is 3.03. The van der Waals surface area contributed by atoms with E-state index >= 15 is 0 Å². The van der Waals surface area contributed by atoms with Gasteiger partial charge in [-0.25, -0.2) is 14.4 Å². The molecule has 0 saturated heterocycles. The van der Waals surface area contributed by atoms with Crippen LogP contribution in [0.4, 0.5) is 15.9 Å². The van der Waals surface area contributed by atoms with E-state index in [2.05, 4.69) is 15.3 Å². The van der Waals surface area contributed by atoms with Crippen molar-refractivity contribution in [2.75, 3.05) is 12.4 Å². The molecular formula is C14H14FN3O. The van der Waals surface area contributed by atoms with E-state index in [-0.39, 0.29) is 5.82 Å². The van der Waals surface area contributed by atoms with E-state index in [4.69, 9.17) is 4.74 Å². The van der Waals surface area contributed by atoms with Crippen molar-refractivity contribution >= 4 is 11.5 Å². The van der Waals surface area contributed by atoms with Crippen LogP contribution in [0, 0.1) is 5.82 Å². The summed E-state index contributed by atoms with van der Waals surface area (Å²) in [5.41, 5.74) is 0.609. The van der Waals surface area contributed by atoms with Crippen molar-refractivity contribution < 1.29 is 9.13 Å². The number of nitrogens with one attached hydrogen (secondary N) is 1. The molecule has 0 atom stereocenters. The number of aromatic nitrogens is 2. The van der Waals surface area contributed by atoms with Crippen LogP contribution in [0.1, 0.15) is 24.6 Å². The highest BCUT2D eigenvalue weighted by molar-refractivity contribution is 5.58. The van der Waals surface area contributed by atoms with Crippen molar-refractivity contribution in [2.45, 2.75) is 18.8 Å². The molecule has 1 N–H and O–H groups in total. The minimum Gasteiger partial charge on any atom is -0.497 e. The fourth-order valence-electron chi connectivity index (χ4n) is 1.88. The predicted molar refractivity (Wildman–Crippen MR) is 70.2 cm³/mol. The number of hydrogen-bond acceptors (Lipinski definition) is 4. The summed E-state index contributed by atoms with van der Waals surface area (Å²) in [6.45, 7) is 0. The Morgan fingerprint density at radius 2 is 2.16 bits per heavy atom. The highest BCUT2D eigenvalue weighted by Gasteiger charge is 2.26. The highest BCUT2D eigenvalue weighted by atomic mass is 19.1. The van der Waals surface area contributed by atoms with Crippen LogP contribution in [-0.4, -0.2) is 17.1 Å². The number of benzene rings is 1. The first-order valence-corrected chi connectivity index (χ1v) is 6.19. The number of ether oxygens (including phenoxy) is 1. The van der Waals surface area contributed by atoms with Gasteiger partial charge in [0.15, 0.2) is 0 Å². The quantitative estimate of drug-likeness (QED) is 0.915. The molecule has 0 amide bonds. The van der Waals surface area contributed by atoms with Gasteiger partial charge in [0.1, 0.15) is 23.2 Å². The van der Waals surface area contributed by atoms with E-state index in [1.165, 1.54) is 19.2 Å². The van der Waals surface area contributed by atoms with Crippen molar-refractivity contribution in [3.8, 4) is 5.75 Å². The van der Waals surface area contributed by atoms with Crippen molar-refractivity contribution in [3.05, 3.63) is 42.1 Å². The van der Waals surface area contributed by atoms with Gasteiger partial charge < -0.3 is 10.1 Å². The molecule has 4 nitrogen and oxygen atoms in total. The Labute approximate surface area is 110 Å². The fraction of sp³-hybridized carbons (Fsp3) is 0.286. The molecule has 3 rings (SSSR count). The van der Waals surface area contributed by atoms with Gasteiger partial charge >= 0.3 is 0 Å². The minimum absolute atomic E-state index is 0.349. The number of halogens is 1. The minimum atomic E-state index is -0.349. The van der Waals surface area contributed by atoms with Crippen LogP contribution in [0.3, 0.4) is 0 Å². The first-order valence-electron chi connectivity index (χ1n) is 6.19. The van der Waals surface area contributed by atoms with Crippen LogP contribution < -0.4 is 10.1 Å². The SMILES string of the molecule is COc1cc(F)cc(Nc2ccnc(C3CC3)n2)c1. The van der Waals surface area contributed by atoms with E-state index in [0.717, 1.165) is 18.7 Å². The van der Waals surface area contributed by atoms with Crippen molar-refractivity contribution in [1.82, 2.24) is 9.97 Å². The molecule has 1 fully saturated rings. The summed E-state index contributed by atoms with van der Waals surface area (Å²) in [7, 11) is 1.51. The summed E-state index contributed by atoms with van der Waals surface area (Å²) in [6, 6.07) is 6.23. The van der Waals surface area contributed by atoms with E-state index in [1.54, 1.807) is 18.3 Å². The number of nitrogens with zero attached hydrogens (tertiary/aromatic N) is 2. The molecule has 19 heavy (non-hydrogen) atoms. The van der Waals surface area contributed by atoms with Crippen molar-refractivity contribution in [2.24, 2.45) is 0 Å². The van der Waals surface area contributed by atoms with Gasteiger partial charge in [0, 0.05) is 29.9 Å². The molecule has 1 aliphatic carbocycles. The van der Waals surface area contributed by atoms with Crippen molar-refractivity contribution in [1.29, 1.82) is 0 Å². The summed E-state index contributed by atoms with van der Waals surface area (Å²) < 4.78 is 18.4. The van der Waals surface area contributed by atoms with E-state index in [0.29, 0.717) is 23.2 Å². The third-order valence-corrected chi connectivity index (χ3v) is 3.00. The average molecular weight is 259 g/mol. The van der Waals surface area contributed by atoms with Gasteiger partial charge in [-0.2, -0.15) is 0 Å². The zero-order valence-corrected chi connectivity index (χ0v) is 10.6. The number of methoxy groups -OCH3 is 1. The first kappa shape index (κ1) is 11.9. The van der Waals surface area contributed by atoms with Crippen LogP contribution in [0.5, 0.6) is 5.75 Å². The van der Waals surface area contributed by atoms with E-state index in [9.17, 15) is 4.39 Å². The molecule has 0 unspecified atom stereocenters. The molecule has 0 bridgehead atoms. The predicted octanol–water partition coefficient (Wildman–Crippen LogP) is 3.25. The lowest BCUT2D eigenvalue weighted by atomic mass is 10.3. The van der Waals surface area contributed by atoms with Gasteiger partial charge in [-0.05, 0) is 25.0 Å². The summed E-state index contributed by atoms with van der Waals surface area (Å²) in [4.78, 5) is 8.67. The molecular weight excluding hydrogens is 245 g/mol. The highest BCUT2D eigenvalue weighted by Crippen LogP contribution is 2.38. The monoisotopic (exact) mass is 259 g/mol. The normalized spacial score (nSPS) is 14.2. The fourth-order valence-corrected chi connectivity index (χ4v) is 1.88. The van der Waals surface area contributed by atoms with Gasteiger partial charge in [-0.15, -0.1) is 0 Å². The lowest BCUT2D eigenvalue weighted by Gasteiger charge is -2.08.